The Morgan fingerprint density at radius 3 is 2.67 bits per heavy atom. The molecule has 1 heterocycles. The molecule has 0 aliphatic carbocycles. The van der Waals surface area contributed by atoms with Crippen molar-refractivity contribution >= 4 is 17.2 Å². The van der Waals surface area contributed by atoms with Crippen molar-refractivity contribution in [2.24, 2.45) is 5.73 Å². The van der Waals surface area contributed by atoms with Gasteiger partial charge in [0.2, 0.25) is 0 Å². The summed E-state index contributed by atoms with van der Waals surface area (Å²) < 4.78 is 16.7. The van der Waals surface area contributed by atoms with Gasteiger partial charge in [0.15, 0.2) is 11.5 Å². The number of rotatable bonds is 8. The third-order valence-electron chi connectivity index (χ3n) is 3.79. The molecule has 1 aromatic heterocycles. The molecule has 2 aromatic carbocycles. The highest BCUT2D eigenvalue weighted by atomic mass is 32.1. The number of hydrogen-bond donors (Lipinski definition) is 1. The number of nitrogens with two attached hydrogens (primary N) is 1. The minimum absolute atomic E-state index is 0.245. The van der Waals surface area contributed by atoms with Crippen molar-refractivity contribution in [2.75, 3.05) is 13.7 Å². The molecular formula is C20H20N2O4S. The number of para-hydroxylation sites is 1. The number of benzene rings is 2. The van der Waals surface area contributed by atoms with E-state index in [1.807, 2.05) is 30.5 Å². The summed E-state index contributed by atoms with van der Waals surface area (Å²) in [4.78, 5) is 16.1. The summed E-state index contributed by atoms with van der Waals surface area (Å²) in [6, 6.07) is 12.6. The van der Waals surface area contributed by atoms with E-state index in [0.29, 0.717) is 29.4 Å². The number of hydrogen-bond acceptors (Lipinski definition) is 6. The van der Waals surface area contributed by atoms with Gasteiger partial charge in [-0.05, 0) is 37.3 Å². The Labute approximate surface area is 161 Å². The van der Waals surface area contributed by atoms with Crippen molar-refractivity contribution in [3.63, 3.8) is 0 Å². The highest BCUT2D eigenvalue weighted by Crippen LogP contribution is 2.34. The summed E-state index contributed by atoms with van der Waals surface area (Å²) in [7, 11) is 1.61. The Balaban J connectivity index is 1.75. The fourth-order valence-electron chi connectivity index (χ4n) is 2.53. The second-order valence-corrected chi connectivity index (χ2v) is 6.45. The van der Waals surface area contributed by atoms with Gasteiger partial charge >= 0.3 is 0 Å². The first-order valence-electron chi connectivity index (χ1n) is 8.39. The van der Waals surface area contributed by atoms with Crippen LogP contribution in [0.1, 0.15) is 23.0 Å². The van der Waals surface area contributed by atoms with E-state index in [1.54, 1.807) is 31.4 Å². The zero-order chi connectivity index (χ0) is 19.2. The standard InChI is InChI=1S/C20H20N2O4S/c1-3-25-17-9-8-13(10-18(17)24-2)20-22-14(12-27-20)11-26-16-7-5-4-6-15(16)19(21)23/h4-10,12H,3,11H2,1-2H3,(H2,21,23). The van der Waals surface area contributed by atoms with Crippen LogP contribution >= 0.6 is 11.3 Å². The fourth-order valence-corrected chi connectivity index (χ4v) is 3.33. The molecule has 0 saturated heterocycles. The number of methoxy groups -OCH3 is 1. The highest BCUT2D eigenvalue weighted by Gasteiger charge is 2.12. The lowest BCUT2D eigenvalue weighted by molar-refractivity contribution is 0.0996. The van der Waals surface area contributed by atoms with Crippen molar-refractivity contribution in [1.29, 1.82) is 0 Å². The van der Waals surface area contributed by atoms with E-state index >= 15 is 0 Å². The molecule has 0 radical (unpaired) electrons. The highest BCUT2D eigenvalue weighted by molar-refractivity contribution is 7.13. The molecule has 0 atom stereocenters. The Kier molecular flexibility index (Phi) is 5.93. The normalized spacial score (nSPS) is 10.4. The molecule has 0 unspecified atom stereocenters. The van der Waals surface area contributed by atoms with E-state index in [-0.39, 0.29) is 6.61 Å². The molecule has 0 bridgehead atoms. The van der Waals surface area contributed by atoms with Gasteiger partial charge in [-0.15, -0.1) is 11.3 Å². The Morgan fingerprint density at radius 2 is 1.93 bits per heavy atom. The lowest BCUT2D eigenvalue weighted by Gasteiger charge is -2.10. The number of carbonyl (C=O) groups is 1. The third-order valence-corrected chi connectivity index (χ3v) is 4.73. The number of carbonyl (C=O) groups excluding carboxylic acids is 1. The van der Waals surface area contributed by atoms with E-state index in [0.717, 1.165) is 16.3 Å². The molecule has 7 heteroatoms. The molecule has 0 saturated carbocycles. The smallest absolute Gasteiger partial charge is 0.252 e. The lowest BCUT2D eigenvalue weighted by Crippen LogP contribution is -2.12. The van der Waals surface area contributed by atoms with Crippen molar-refractivity contribution in [1.82, 2.24) is 4.98 Å². The molecule has 140 valence electrons. The van der Waals surface area contributed by atoms with E-state index in [1.165, 1.54) is 11.3 Å². The Bertz CT molecular complexity index is 939. The van der Waals surface area contributed by atoms with Gasteiger partial charge in [-0.3, -0.25) is 4.79 Å². The number of amides is 1. The van der Waals surface area contributed by atoms with E-state index < -0.39 is 5.91 Å². The average Bonchev–Trinajstić information content (AvgIpc) is 3.16. The van der Waals surface area contributed by atoms with E-state index in [2.05, 4.69) is 4.98 Å². The Morgan fingerprint density at radius 1 is 1.11 bits per heavy atom. The van der Waals surface area contributed by atoms with Crippen molar-refractivity contribution in [2.45, 2.75) is 13.5 Å². The van der Waals surface area contributed by atoms with Gasteiger partial charge in [0.25, 0.3) is 5.91 Å². The number of nitrogens with zero attached hydrogens (tertiary/aromatic N) is 1. The molecule has 2 N–H and O–H groups in total. The van der Waals surface area contributed by atoms with Crippen LogP contribution in [-0.2, 0) is 6.61 Å². The summed E-state index contributed by atoms with van der Waals surface area (Å²) in [6.45, 7) is 2.74. The van der Waals surface area contributed by atoms with Crippen LogP contribution in [0.15, 0.2) is 47.8 Å². The largest absolute Gasteiger partial charge is 0.493 e. The van der Waals surface area contributed by atoms with Gasteiger partial charge in [0.1, 0.15) is 17.4 Å². The molecule has 6 nitrogen and oxygen atoms in total. The maximum atomic E-state index is 11.5. The minimum atomic E-state index is -0.522. The van der Waals surface area contributed by atoms with Crippen LogP contribution in [-0.4, -0.2) is 24.6 Å². The van der Waals surface area contributed by atoms with Crippen LogP contribution in [0.25, 0.3) is 10.6 Å². The van der Waals surface area contributed by atoms with Crippen LogP contribution in [0, 0.1) is 0 Å². The minimum Gasteiger partial charge on any atom is -0.493 e. The molecular weight excluding hydrogens is 364 g/mol. The van der Waals surface area contributed by atoms with Crippen LogP contribution in [0.2, 0.25) is 0 Å². The number of primary amides is 1. The SMILES string of the molecule is CCOc1ccc(-c2nc(COc3ccccc3C(N)=O)cs2)cc1OC. The molecule has 0 aliphatic heterocycles. The van der Waals surface area contributed by atoms with Gasteiger partial charge in [0, 0.05) is 10.9 Å². The first kappa shape index (κ1) is 18.7. The Hall–Kier alpha value is -3.06. The number of aromatic nitrogens is 1. The van der Waals surface area contributed by atoms with Gasteiger partial charge in [-0.25, -0.2) is 4.98 Å². The molecule has 0 spiro atoms. The fraction of sp³-hybridized carbons (Fsp3) is 0.200. The summed E-state index contributed by atoms with van der Waals surface area (Å²) >= 11 is 1.51. The molecule has 3 rings (SSSR count). The first-order valence-corrected chi connectivity index (χ1v) is 9.27. The summed E-state index contributed by atoms with van der Waals surface area (Å²) in [5.74, 6) is 1.29. The predicted octanol–water partition coefficient (Wildman–Crippen LogP) is 3.90. The average molecular weight is 384 g/mol. The summed E-state index contributed by atoms with van der Waals surface area (Å²) in [5.41, 5.74) is 7.42. The van der Waals surface area contributed by atoms with Gasteiger partial charge in [-0.1, -0.05) is 12.1 Å². The van der Waals surface area contributed by atoms with Gasteiger partial charge in [0.05, 0.1) is 25.0 Å². The second kappa shape index (κ2) is 8.55. The zero-order valence-corrected chi connectivity index (χ0v) is 15.9. The monoisotopic (exact) mass is 384 g/mol. The van der Waals surface area contributed by atoms with Crippen molar-refractivity contribution < 1.29 is 19.0 Å². The molecule has 27 heavy (non-hydrogen) atoms. The maximum absolute atomic E-state index is 11.5. The van der Waals surface area contributed by atoms with Crippen molar-refractivity contribution in [3.05, 3.63) is 59.1 Å². The van der Waals surface area contributed by atoms with E-state index in [4.69, 9.17) is 19.9 Å². The summed E-state index contributed by atoms with van der Waals surface area (Å²) in [6.07, 6.45) is 0. The quantitative estimate of drug-likeness (QED) is 0.637. The van der Waals surface area contributed by atoms with Crippen molar-refractivity contribution in [3.8, 4) is 27.8 Å². The predicted molar refractivity (Wildman–Crippen MR) is 105 cm³/mol. The number of ether oxygens (including phenoxy) is 3. The van der Waals surface area contributed by atoms with Crippen LogP contribution < -0.4 is 19.9 Å². The second-order valence-electron chi connectivity index (χ2n) is 5.59. The topological polar surface area (TPSA) is 83.7 Å². The lowest BCUT2D eigenvalue weighted by atomic mass is 10.2. The zero-order valence-electron chi connectivity index (χ0n) is 15.1. The molecule has 3 aromatic rings. The first-order chi connectivity index (χ1) is 13.1. The van der Waals surface area contributed by atoms with Gasteiger partial charge < -0.3 is 19.9 Å². The van der Waals surface area contributed by atoms with Crippen LogP contribution in [0.4, 0.5) is 0 Å². The molecule has 0 fully saturated rings. The molecule has 1 amide bonds. The van der Waals surface area contributed by atoms with Crippen LogP contribution in [0.5, 0.6) is 17.2 Å². The maximum Gasteiger partial charge on any atom is 0.252 e. The molecule has 0 aliphatic rings. The number of thiazole rings is 1. The van der Waals surface area contributed by atoms with E-state index in [9.17, 15) is 4.79 Å². The third kappa shape index (κ3) is 4.38. The summed E-state index contributed by atoms with van der Waals surface area (Å²) in [5, 5.41) is 2.77. The van der Waals surface area contributed by atoms with Crippen LogP contribution in [0.3, 0.4) is 0 Å². The van der Waals surface area contributed by atoms with Gasteiger partial charge in [-0.2, -0.15) is 0 Å².